The molecular formula is C12H15NO3S. The summed E-state index contributed by atoms with van der Waals surface area (Å²) in [5.41, 5.74) is 1.90. The molecule has 0 saturated carbocycles. The molecule has 0 bridgehead atoms. The molecule has 1 heterocycles. The number of sulfonamides is 1. The third kappa shape index (κ3) is 2.34. The maximum absolute atomic E-state index is 11.8. The van der Waals surface area contributed by atoms with Gasteiger partial charge >= 0.3 is 0 Å². The Labute approximate surface area is 101 Å². The Morgan fingerprint density at radius 3 is 2.65 bits per heavy atom. The number of nitrogens with zero attached hydrogens (tertiary/aromatic N) is 1. The maximum atomic E-state index is 11.8. The summed E-state index contributed by atoms with van der Waals surface area (Å²) in [6, 6.07) is 7.53. The molecule has 0 aromatic heterocycles. The van der Waals surface area contributed by atoms with Crippen LogP contribution in [0, 0.1) is 12.8 Å². The Hall–Kier alpha value is -1.36. The Kier molecular flexibility index (Phi) is 2.95. The molecule has 1 saturated heterocycles. The predicted molar refractivity (Wildman–Crippen MR) is 64.7 cm³/mol. The molecule has 1 aliphatic heterocycles. The van der Waals surface area contributed by atoms with Crippen molar-refractivity contribution in [1.29, 1.82) is 0 Å². The predicted octanol–water partition coefficient (Wildman–Crippen LogP) is 1.30. The molecule has 1 amide bonds. The summed E-state index contributed by atoms with van der Waals surface area (Å²) in [7, 11) is -3.41. The second kappa shape index (κ2) is 4.14. The summed E-state index contributed by atoms with van der Waals surface area (Å²) in [5, 5.41) is 0. The number of carbonyl (C=O) groups is 1. The van der Waals surface area contributed by atoms with Gasteiger partial charge in [-0.2, -0.15) is 0 Å². The fraction of sp³-hybridized carbons (Fsp3) is 0.417. The molecule has 0 radical (unpaired) electrons. The standard InChI is InChI=1S/C12H15NO3S/c1-9-4-3-5-11(6-9)7-13-12(14)10(2)8-17(13,15)16/h3-6,10H,7-8H2,1-2H3. The van der Waals surface area contributed by atoms with Crippen molar-refractivity contribution in [2.45, 2.75) is 20.4 Å². The molecule has 0 N–H and O–H groups in total. The third-order valence-electron chi connectivity index (χ3n) is 2.87. The van der Waals surface area contributed by atoms with Crippen LogP contribution in [0.2, 0.25) is 0 Å². The van der Waals surface area contributed by atoms with Gasteiger partial charge in [-0.05, 0) is 12.5 Å². The Morgan fingerprint density at radius 2 is 2.12 bits per heavy atom. The van der Waals surface area contributed by atoms with E-state index in [2.05, 4.69) is 0 Å². The summed E-state index contributed by atoms with van der Waals surface area (Å²) in [6.45, 7) is 3.73. The third-order valence-corrected chi connectivity index (χ3v) is 4.77. The van der Waals surface area contributed by atoms with E-state index in [4.69, 9.17) is 0 Å². The van der Waals surface area contributed by atoms with Crippen LogP contribution in [0.1, 0.15) is 18.1 Å². The van der Waals surface area contributed by atoms with Crippen LogP contribution in [-0.2, 0) is 21.4 Å². The van der Waals surface area contributed by atoms with E-state index in [9.17, 15) is 13.2 Å². The highest BCUT2D eigenvalue weighted by Gasteiger charge is 2.40. The van der Waals surface area contributed by atoms with Gasteiger partial charge in [0.2, 0.25) is 15.9 Å². The Morgan fingerprint density at radius 1 is 1.41 bits per heavy atom. The van der Waals surface area contributed by atoms with Crippen molar-refractivity contribution in [3.63, 3.8) is 0 Å². The zero-order valence-corrected chi connectivity index (χ0v) is 10.7. The van der Waals surface area contributed by atoms with E-state index >= 15 is 0 Å². The van der Waals surface area contributed by atoms with E-state index in [1.54, 1.807) is 6.92 Å². The van der Waals surface area contributed by atoms with Gasteiger partial charge in [0.15, 0.2) is 0 Å². The van der Waals surface area contributed by atoms with Gasteiger partial charge in [0, 0.05) is 0 Å². The first-order valence-electron chi connectivity index (χ1n) is 5.50. The van der Waals surface area contributed by atoms with E-state index in [0.717, 1.165) is 15.4 Å². The molecule has 17 heavy (non-hydrogen) atoms. The molecule has 1 atom stereocenters. The molecule has 1 aliphatic rings. The van der Waals surface area contributed by atoms with E-state index in [-0.39, 0.29) is 18.2 Å². The summed E-state index contributed by atoms with van der Waals surface area (Å²) < 4.78 is 24.5. The SMILES string of the molecule is Cc1cccc(CN2C(=O)C(C)CS2(=O)=O)c1. The number of carbonyl (C=O) groups excluding carboxylic acids is 1. The van der Waals surface area contributed by atoms with Crippen molar-refractivity contribution >= 4 is 15.9 Å². The highest BCUT2D eigenvalue weighted by atomic mass is 32.2. The molecule has 5 heteroatoms. The summed E-state index contributed by atoms with van der Waals surface area (Å²) in [6.07, 6.45) is 0. The minimum absolute atomic E-state index is 0.0718. The molecule has 1 aromatic carbocycles. The quantitative estimate of drug-likeness (QED) is 0.798. The van der Waals surface area contributed by atoms with Gasteiger partial charge in [0.25, 0.3) is 0 Å². The van der Waals surface area contributed by atoms with E-state index in [1.165, 1.54) is 0 Å². The maximum Gasteiger partial charge on any atom is 0.240 e. The number of aryl methyl sites for hydroxylation is 1. The van der Waals surface area contributed by atoms with E-state index in [1.807, 2.05) is 31.2 Å². The first-order valence-corrected chi connectivity index (χ1v) is 7.11. The van der Waals surface area contributed by atoms with Crippen LogP contribution in [0.25, 0.3) is 0 Å². The van der Waals surface area contributed by atoms with Gasteiger partial charge in [-0.15, -0.1) is 0 Å². The minimum atomic E-state index is -3.41. The molecule has 0 aliphatic carbocycles. The number of hydrogen-bond donors (Lipinski definition) is 0. The van der Waals surface area contributed by atoms with Crippen molar-refractivity contribution in [3.05, 3.63) is 35.4 Å². The molecule has 92 valence electrons. The second-order valence-corrected chi connectivity index (χ2v) is 6.45. The molecule has 2 rings (SSSR count). The lowest BCUT2D eigenvalue weighted by Crippen LogP contribution is -2.29. The molecule has 1 fully saturated rings. The van der Waals surface area contributed by atoms with Crippen molar-refractivity contribution in [2.24, 2.45) is 5.92 Å². The second-order valence-electron chi connectivity index (χ2n) is 4.51. The van der Waals surface area contributed by atoms with Crippen LogP contribution in [0.3, 0.4) is 0 Å². The number of rotatable bonds is 2. The first kappa shape index (κ1) is 12.1. The lowest BCUT2D eigenvalue weighted by Gasteiger charge is -2.15. The normalized spacial score (nSPS) is 23.1. The molecule has 1 aromatic rings. The van der Waals surface area contributed by atoms with Gasteiger partial charge in [0.05, 0.1) is 18.2 Å². The zero-order valence-electron chi connectivity index (χ0n) is 9.88. The highest BCUT2D eigenvalue weighted by Crippen LogP contribution is 2.23. The van der Waals surface area contributed by atoms with Gasteiger partial charge < -0.3 is 0 Å². The summed E-state index contributed by atoms with van der Waals surface area (Å²) in [5.74, 6) is -0.797. The fourth-order valence-electron chi connectivity index (χ4n) is 2.01. The van der Waals surface area contributed by atoms with Crippen LogP contribution in [-0.4, -0.2) is 24.4 Å². The highest BCUT2D eigenvalue weighted by molar-refractivity contribution is 7.90. The number of benzene rings is 1. The molecular weight excluding hydrogens is 238 g/mol. The smallest absolute Gasteiger partial charge is 0.240 e. The van der Waals surface area contributed by atoms with Crippen LogP contribution in [0.4, 0.5) is 0 Å². The Bertz CT molecular complexity index is 551. The summed E-state index contributed by atoms with van der Waals surface area (Å²) >= 11 is 0. The average molecular weight is 253 g/mol. The largest absolute Gasteiger partial charge is 0.273 e. The van der Waals surface area contributed by atoms with E-state index < -0.39 is 15.9 Å². The molecule has 4 nitrogen and oxygen atoms in total. The number of hydrogen-bond acceptors (Lipinski definition) is 3. The Balaban J connectivity index is 2.27. The van der Waals surface area contributed by atoms with Crippen LogP contribution in [0.15, 0.2) is 24.3 Å². The van der Waals surface area contributed by atoms with Crippen LogP contribution < -0.4 is 0 Å². The topological polar surface area (TPSA) is 54.5 Å². The van der Waals surface area contributed by atoms with Gasteiger partial charge in [-0.25, -0.2) is 12.7 Å². The fourth-order valence-corrected chi connectivity index (χ4v) is 3.77. The summed E-state index contributed by atoms with van der Waals surface area (Å²) in [4.78, 5) is 11.8. The van der Waals surface area contributed by atoms with Crippen LogP contribution >= 0.6 is 0 Å². The van der Waals surface area contributed by atoms with Gasteiger partial charge in [0.1, 0.15) is 0 Å². The molecule has 1 unspecified atom stereocenters. The number of amides is 1. The van der Waals surface area contributed by atoms with Crippen LogP contribution in [0.5, 0.6) is 0 Å². The lowest BCUT2D eigenvalue weighted by molar-refractivity contribution is -0.128. The van der Waals surface area contributed by atoms with Gasteiger partial charge in [-0.1, -0.05) is 36.8 Å². The van der Waals surface area contributed by atoms with E-state index in [0.29, 0.717) is 0 Å². The van der Waals surface area contributed by atoms with Crippen molar-refractivity contribution in [3.8, 4) is 0 Å². The first-order chi connectivity index (χ1) is 7.90. The van der Waals surface area contributed by atoms with Crippen molar-refractivity contribution in [2.75, 3.05) is 5.75 Å². The average Bonchev–Trinajstić information content (AvgIpc) is 2.41. The lowest BCUT2D eigenvalue weighted by atomic mass is 10.1. The monoisotopic (exact) mass is 253 g/mol. The van der Waals surface area contributed by atoms with Crippen molar-refractivity contribution in [1.82, 2.24) is 4.31 Å². The van der Waals surface area contributed by atoms with Gasteiger partial charge in [-0.3, -0.25) is 4.79 Å². The zero-order chi connectivity index (χ0) is 12.6. The molecule has 0 spiro atoms. The minimum Gasteiger partial charge on any atom is -0.273 e. The van der Waals surface area contributed by atoms with Crippen molar-refractivity contribution < 1.29 is 13.2 Å².